The number of carboxylic acids is 1. The summed E-state index contributed by atoms with van der Waals surface area (Å²) in [4.78, 5) is 22.1. The lowest BCUT2D eigenvalue weighted by Crippen LogP contribution is -2.29. The third-order valence-corrected chi connectivity index (χ3v) is 2.12. The topological polar surface area (TPSA) is 75.6 Å². The van der Waals surface area contributed by atoms with Gasteiger partial charge < -0.3 is 15.2 Å². The van der Waals surface area contributed by atoms with Gasteiger partial charge in [-0.3, -0.25) is 4.79 Å². The van der Waals surface area contributed by atoms with Crippen LogP contribution in [0.25, 0.3) is 0 Å². The number of benzene rings is 1. The molecule has 1 amide bonds. The normalized spacial score (nSPS) is 9.89. The molecular formula is C12H14FNO4. The van der Waals surface area contributed by atoms with Gasteiger partial charge in [0, 0.05) is 6.54 Å². The lowest BCUT2D eigenvalue weighted by molar-refractivity contribution is -0.123. The van der Waals surface area contributed by atoms with E-state index in [1.54, 1.807) is 0 Å². The minimum atomic E-state index is -1.31. The molecule has 0 bridgehead atoms. The second kappa shape index (κ2) is 6.58. The van der Waals surface area contributed by atoms with E-state index in [4.69, 9.17) is 9.84 Å². The second-order valence-corrected chi connectivity index (χ2v) is 3.56. The number of amides is 1. The third kappa shape index (κ3) is 3.73. The lowest BCUT2D eigenvalue weighted by Gasteiger charge is -2.09. The summed E-state index contributed by atoms with van der Waals surface area (Å²) >= 11 is 0. The number of hydrogen-bond donors (Lipinski definition) is 2. The Kier molecular flexibility index (Phi) is 5.10. The fourth-order valence-corrected chi connectivity index (χ4v) is 1.28. The van der Waals surface area contributed by atoms with Gasteiger partial charge in [0.1, 0.15) is 5.56 Å². The predicted octanol–water partition coefficient (Wildman–Crippen LogP) is 1.43. The molecule has 2 N–H and O–H groups in total. The molecular weight excluding hydrogens is 241 g/mol. The Morgan fingerprint density at radius 3 is 2.78 bits per heavy atom. The molecule has 0 fully saturated rings. The van der Waals surface area contributed by atoms with Crippen LogP contribution in [0.1, 0.15) is 23.7 Å². The van der Waals surface area contributed by atoms with Crippen molar-refractivity contribution in [1.82, 2.24) is 5.32 Å². The van der Waals surface area contributed by atoms with E-state index in [1.165, 1.54) is 12.1 Å². The maximum Gasteiger partial charge on any atom is 0.339 e. The molecule has 18 heavy (non-hydrogen) atoms. The van der Waals surface area contributed by atoms with Crippen LogP contribution in [0.5, 0.6) is 5.75 Å². The molecule has 0 unspecified atom stereocenters. The van der Waals surface area contributed by atoms with E-state index in [-0.39, 0.29) is 5.56 Å². The van der Waals surface area contributed by atoms with Gasteiger partial charge in [0.15, 0.2) is 18.2 Å². The molecule has 0 heterocycles. The average Bonchev–Trinajstić information content (AvgIpc) is 2.34. The van der Waals surface area contributed by atoms with Crippen molar-refractivity contribution >= 4 is 11.9 Å². The van der Waals surface area contributed by atoms with Crippen molar-refractivity contribution in [2.24, 2.45) is 0 Å². The Hall–Kier alpha value is -2.11. The maximum atomic E-state index is 13.4. The van der Waals surface area contributed by atoms with Crippen LogP contribution >= 0.6 is 0 Å². The van der Waals surface area contributed by atoms with Crippen LogP contribution in [0.15, 0.2) is 18.2 Å². The summed E-state index contributed by atoms with van der Waals surface area (Å²) in [5.74, 6) is -2.95. The molecule has 5 nitrogen and oxygen atoms in total. The standard InChI is InChI=1S/C12H14FNO4/c1-2-6-14-10(15)7-18-11-8(12(16)17)4-3-5-9(11)13/h3-5H,2,6-7H2,1H3,(H,14,15)(H,16,17). The van der Waals surface area contributed by atoms with Gasteiger partial charge in [0.25, 0.3) is 5.91 Å². The van der Waals surface area contributed by atoms with E-state index in [1.807, 2.05) is 6.92 Å². The predicted molar refractivity (Wildman–Crippen MR) is 62.2 cm³/mol. The van der Waals surface area contributed by atoms with Gasteiger partial charge in [-0.25, -0.2) is 9.18 Å². The number of hydrogen-bond acceptors (Lipinski definition) is 3. The highest BCUT2D eigenvalue weighted by molar-refractivity contribution is 5.91. The Morgan fingerprint density at radius 2 is 2.17 bits per heavy atom. The van der Waals surface area contributed by atoms with Crippen molar-refractivity contribution in [1.29, 1.82) is 0 Å². The molecule has 98 valence electrons. The van der Waals surface area contributed by atoms with Gasteiger partial charge in [-0.1, -0.05) is 13.0 Å². The maximum absolute atomic E-state index is 13.4. The molecule has 0 saturated carbocycles. The number of ether oxygens (including phenoxy) is 1. The summed E-state index contributed by atoms with van der Waals surface area (Å²) in [6, 6.07) is 3.55. The van der Waals surface area contributed by atoms with Crippen molar-refractivity contribution in [3.8, 4) is 5.75 Å². The van der Waals surface area contributed by atoms with Crippen LogP contribution in [0.2, 0.25) is 0 Å². The first kappa shape index (κ1) is 14.0. The van der Waals surface area contributed by atoms with Gasteiger partial charge in [-0.05, 0) is 18.6 Å². The molecule has 0 aliphatic rings. The highest BCUT2D eigenvalue weighted by Crippen LogP contribution is 2.22. The third-order valence-electron chi connectivity index (χ3n) is 2.12. The lowest BCUT2D eigenvalue weighted by atomic mass is 10.2. The molecule has 1 aromatic rings. The summed E-state index contributed by atoms with van der Waals surface area (Å²) in [7, 11) is 0. The van der Waals surface area contributed by atoms with Crippen LogP contribution in [0.4, 0.5) is 4.39 Å². The van der Waals surface area contributed by atoms with Crippen molar-refractivity contribution in [3.63, 3.8) is 0 Å². The van der Waals surface area contributed by atoms with Gasteiger partial charge in [0.05, 0.1) is 0 Å². The molecule has 6 heteroatoms. The molecule has 0 aliphatic heterocycles. The molecule has 0 spiro atoms. The Labute approximate surface area is 104 Å². The fraction of sp³-hybridized carbons (Fsp3) is 0.333. The molecule has 0 saturated heterocycles. The van der Waals surface area contributed by atoms with Gasteiger partial charge >= 0.3 is 5.97 Å². The van der Waals surface area contributed by atoms with E-state index in [2.05, 4.69) is 5.32 Å². The van der Waals surface area contributed by atoms with Crippen molar-refractivity contribution < 1.29 is 23.8 Å². The zero-order valence-corrected chi connectivity index (χ0v) is 9.90. The first-order valence-electron chi connectivity index (χ1n) is 5.47. The van der Waals surface area contributed by atoms with Gasteiger partial charge in [-0.2, -0.15) is 0 Å². The Morgan fingerprint density at radius 1 is 1.44 bits per heavy atom. The Balaban J connectivity index is 2.72. The smallest absolute Gasteiger partial charge is 0.339 e. The zero-order chi connectivity index (χ0) is 13.5. The molecule has 0 aromatic heterocycles. The molecule has 0 aliphatic carbocycles. The first-order valence-corrected chi connectivity index (χ1v) is 5.47. The number of halogens is 1. The van der Waals surface area contributed by atoms with Crippen molar-refractivity contribution in [2.75, 3.05) is 13.2 Å². The highest BCUT2D eigenvalue weighted by Gasteiger charge is 2.16. The largest absolute Gasteiger partial charge is 0.480 e. The number of nitrogens with one attached hydrogen (secondary N) is 1. The van der Waals surface area contributed by atoms with Crippen LogP contribution in [-0.2, 0) is 4.79 Å². The molecule has 0 radical (unpaired) electrons. The minimum Gasteiger partial charge on any atom is -0.480 e. The number of carboxylic acid groups (broad SMARTS) is 1. The monoisotopic (exact) mass is 255 g/mol. The van der Waals surface area contributed by atoms with Gasteiger partial charge in [-0.15, -0.1) is 0 Å². The van der Waals surface area contributed by atoms with E-state index >= 15 is 0 Å². The van der Waals surface area contributed by atoms with Crippen LogP contribution in [-0.4, -0.2) is 30.1 Å². The number of carbonyl (C=O) groups excluding carboxylic acids is 1. The number of carbonyl (C=O) groups is 2. The van der Waals surface area contributed by atoms with Crippen molar-refractivity contribution in [3.05, 3.63) is 29.6 Å². The van der Waals surface area contributed by atoms with Crippen LogP contribution < -0.4 is 10.1 Å². The molecule has 1 rings (SSSR count). The highest BCUT2D eigenvalue weighted by atomic mass is 19.1. The quantitative estimate of drug-likeness (QED) is 0.806. The second-order valence-electron chi connectivity index (χ2n) is 3.56. The van der Waals surface area contributed by atoms with E-state index < -0.39 is 30.1 Å². The van der Waals surface area contributed by atoms with Crippen LogP contribution in [0, 0.1) is 5.82 Å². The van der Waals surface area contributed by atoms with Crippen molar-refractivity contribution in [2.45, 2.75) is 13.3 Å². The summed E-state index contributed by atoms with van der Waals surface area (Å²) in [6.07, 6.45) is 0.770. The van der Waals surface area contributed by atoms with Gasteiger partial charge in [0.2, 0.25) is 0 Å². The van der Waals surface area contributed by atoms with E-state index in [0.29, 0.717) is 6.54 Å². The SMILES string of the molecule is CCCNC(=O)COc1c(F)cccc1C(=O)O. The minimum absolute atomic E-state index is 0.307. The average molecular weight is 255 g/mol. The number of para-hydroxylation sites is 1. The zero-order valence-electron chi connectivity index (χ0n) is 9.90. The first-order chi connectivity index (χ1) is 8.56. The summed E-state index contributed by atoms with van der Waals surface area (Å²) in [5, 5.41) is 11.4. The molecule has 1 aromatic carbocycles. The van der Waals surface area contributed by atoms with Crippen LogP contribution in [0.3, 0.4) is 0 Å². The number of aromatic carboxylic acids is 1. The van der Waals surface area contributed by atoms with E-state index in [0.717, 1.165) is 12.5 Å². The number of rotatable bonds is 6. The van der Waals surface area contributed by atoms with E-state index in [9.17, 15) is 14.0 Å². The Bertz CT molecular complexity index is 448. The fourth-order valence-electron chi connectivity index (χ4n) is 1.28. The molecule has 0 atom stereocenters. The summed E-state index contributed by atoms with van der Waals surface area (Å²) in [5.41, 5.74) is -0.307. The summed E-state index contributed by atoms with van der Waals surface area (Å²) in [6.45, 7) is 1.97. The summed E-state index contributed by atoms with van der Waals surface area (Å²) < 4.78 is 18.3.